The van der Waals surface area contributed by atoms with Gasteiger partial charge in [-0.3, -0.25) is 13.4 Å². The van der Waals surface area contributed by atoms with Gasteiger partial charge in [0.15, 0.2) is 5.54 Å². The van der Waals surface area contributed by atoms with E-state index in [0.717, 1.165) is 18.1 Å². The van der Waals surface area contributed by atoms with E-state index in [9.17, 15) is 26.4 Å². The first kappa shape index (κ1) is 31.8. The number of hydrogen-bond donors (Lipinski definition) is 2. The van der Waals surface area contributed by atoms with Crippen molar-refractivity contribution in [3.8, 4) is 0 Å². The Morgan fingerprint density at radius 1 is 1.05 bits per heavy atom. The number of alkyl carbamates (subject to hydrolysis) is 1. The van der Waals surface area contributed by atoms with Crippen LogP contribution in [0.15, 0.2) is 35.3 Å². The monoisotopic (exact) mass is 603 g/mol. The standard InChI is InChI=1S/C25H37N3O10S2/c1-5-35-22(29)24(2)20(38-40(4,33)34)15-26-21(27-24)25(13-11-19(12-14-25)17-37-39(3,31)32)28-23(30)36-16-18-9-7-6-8-10-18/h6-10,19-20H,5,11-17H2,1-4H3,(H,26,27)(H,28,30). The topological polar surface area (TPSA) is 176 Å². The maximum atomic E-state index is 13.1. The summed E-state index contributed by atoms with van der Waals surface area (Å²) < 4.78 is 67.7. The fraction of sp³-hybridized carbons (Fsp3) is 0.640. The van der Waals surface area contributed by atoms with Crippen molar-refractivity contribution in [2.45, 2.75) is 63.3 Å². The molecule has 3 rings (SSSR count). The van der Waals surface area contributed by atoms with Crippen LogP contribution in [0.4, 0.5) is 4.79 Å². The van der Waals surface area contributed by atoms with Gasteiger partial charge in [0.25, 0.3) is 20.2 Å². The van der Waals surface area contributed by atoms with Gasteiger partial charge in [0.2, 0.25) is 0 Å². The molecule has 1 aliphatic heterocycles. The molecule has 2 unspecified atom stereocenters. The largest absolute Gasteiger partial charge is 0.464 e. The van der Waals surface area contributed by atoms with Gasteiger partial charge in [0.05, 0.1) is 32.3 Å². The van der Waals surface area contributed by atoms with Crippen molar-refractivity contribution < 1.29 is 44.3 Å². The van der Waals surface area contributed by atoms with Crippen LogP contribution in [0.3, 0.4) is 0 Å². The van der Waals surface area contributed by atoms with Gasteiger partial charge in [-0.05, 0) is 51.0 Å². The van der Waals surface area contributed by atoms with E-state index in [4.69, 9.17) is 17.8 Å². The van der Waals surface area contributed by atoms with Gasteiger partial charge in [0, 0.05) is 0 Å². The predicted molar refractivity (Wildman–Crippen MR) is 145 cm³/mol. The van der Waals surface area contributed by atoms with Gasteiger partial charge in [0.1, 0.15) is 24.1 Å². The summed E-state index contributed by atoms with van der Waals surface area (Å²) in [7, 11) is -7.57. The lowest BCUT2D eigenvalue weighted by atomic mass is 9.74. The molecule has 1 amide bonds. The third-order valence-corrected chi connectivity index (χ3v) is 8.06. The van der Waals surface area contributed by atoms with Crippen LogP contribution < -0.4 is 10.6 Å². The molecule has 13 nitrogen and oxygen atoms in total. The fourth-order valence-corrected chi connectivity index (χ4v) is 5.84. The number of rotatable bonds is 11. The minimum Gasteiger partial charge on any atom is -0.464 e. The van der Waals surface area contributed by atoms with E-state index in [1.165, 1.54) is 6.92 Å². The van der Waals surface area contributed by atoms with Crippen LogP contribution in [-0.2, 0) is 49.5 Å². The molecule has 0 radical (unpaired) electrons. The number of amides is 1. The van der Waals surface area contributed by atoms with Crippen LogP contribution in [0.25, 0.3) is 0 Å². The second-order valence-electron chi connectivity index (χ2n) is 10.2. The Morgan fingerprint density at radius 2 is 1.70 bits per heavy atom. The molecule has 1 aromatic rings. The number of carbonyl (C=O) groups excluding carboxylic acids is 2. The second-order valence-corrected chi connectivity index (χ2v) is 13.5. The molecular formula is C25H37N3O10S2. The number of hydrogen-bond acceptors (Lipinski definition) is 12. The number of nitrogens with zero attached hydrogens (tertiary/aromatic N) is 1. The van der Waals surface area contributed by atoms with Gasteiger partial charge in [-0.25, -0.2) is 9.59 Å². The zero-order valence-corrected chi connectivity index (χ0v) is 24.7. The number of ether oxygens (including phenoxy) is 2. The third kappa shape index (κ3) is 8.62. The lowest BCUT2D eigenvalue weighted by Gasteiger charge is -2.47. The number of esters is 1. The molecule has 224 valence electrons. The summed E-state index contributed by atoms with van der Waals surface area (Å²) in [5.41, 5.74) is -1.98. The molecule has 0 saturated heterocycles. The van der Waals surface area contributed by atoms with Gasteiger partial charge in [-0.1, -0.05) is 30.3 Å². The highest BCUT2D eigenvalue weighted by atomic mass is 32.2. The lowest BCUT2D eigenvalue weighted by Crippen LogP contribution is -2.71. The van der Waals surface area contributed by atoms with E-state index in [1.54, 1.807) is 6.92 Å². The normalized spacial score (nSPS) is 27.1. The highest BCUT2D eigenvalue weighted by Crippen LogP contribution is 2.36. The average Bonchev–Trinajstić information content (AvgIpc) is 2.88. The Balaban J connectivity index is 1.88. The van der Waals surface area contributed by atoms with Crippen molar-refractivity contribution >= 4 is 38.1 Å². The van der Waals surface area contributed by atoms with Crippen LogP contribution in [0.5, 0.6) is 0 Å². The molecule has 0 spiro atoms. The van der Waals surface area contributed by atoms with Crippen LogP contribution in [0.2, 0.25) is 0 Å². The Hall–Kier alpha value is -2.75. The number of amidine groups is 1. The van der Waals surface area contributed by atoms with Crippen LogP contribution in [0, 0.1) is 5.92 Å². The Kier molecular flexibility index (Phi) is 10.2. The summed E-state index contributed by atoms with van der Waals surface area (Å²) in [5.74, 6) is -0.601. The average molecular weight is 604 g/mol. The van der Waals surface area contributed by atoms with Gasteiger partial charge in [-0.2, -0.15) is 16.8 Å². The molecule has 0 aromatic heterocycles. The van der Waals surface area contributed by atoms with Crippen molar-refractivity contribution in [2.24, 2.45) is 10.9 Å². The first-order valence-corrected chi connectivity index (χ1v) is 16.5. The maximum Gasteiger partial charge on any atom is 0.408 e. The van der Waals surface area contributed by atoms with E-state index < -0.39 is 49.5 Å². The fourth-order valence-electron chi connectivity index (χ4n) is 4.73. The van der Waals surface area contributed by atoms with Crippen LogP contribution >= 0.6 is 0 Å². The molecule has 40 heavy (non-hydrogen) atoms. The molecule has 2 N–H and O–H groups in total. The number of benzene rings is 1. The SMILES string of the molecule is CCOC(=O)C1(C)NC(C2(NC(=O)OCc3ccccc3)CCC(COS(C)(=O)=O)CC2)=NCC1OS(C)(=O)=O. The molecular weight excluding hydrogens is 566 g/mol. The Labute approximate surface area is 235 Å². The highest BCUT2D eigenvalue weighted by Gasteiger charge is 2.53. The summed E-state index contributed by atoms with van der Waals surface area (Å²) in [4.78, 5) is 30.6. The van der Waals surface area contributed by atoms with E-state index in [-0.39, 0.29) is 38.1 Å². The smallest absolute Gasteiger partial charge is 0.408 e. The first-order chi connectivity index (χ1) is 18.7. The van der Waals surface area contributed by atoms with Gasteiger partial charge in [-0.15, -0.1) is 0 Å². The van der Waals surface area contributed by atoms with Crippen LogP contribution in [0.1, 0.15) is 45.1 Å². The molecule has 2 atom stereocenters. The minimum absolute atomic E-state index is 0.00190. The molecule has 1 heterocycles. The molecule has 1 saturated carbocycles. The molecule has 15 heteroatoms. The highest BCUT2D eigenvalue weighted by molar-refractivity contribution is 7.86. The Bertz CT molecular complexity index is 1290. The van der Waals surface area contributed by atoms with Crippen molar-refractivity contribution in [1.29, 1.82) is 0 Å². The minimum atomic E-state index is -3.95. The molecule has 1 aromatic carbocycles. The number of nitrogens with one attached hydrogen (secondary N) is 2. The van der Waals surface area contributed by atoms with E-state index in [0.29, 0.717) is 25.7 Å². The second kappa shape index (κ2) is 12.8. The van der Waals surface area contributed by atoms with Crippen molar-refractivity contribution in [2.75, 3.05) is 32.3 Å². The quantitative estimate of drug-likeness (QED) is 0.277. The number of aliphatic imine (C=N–C) groups is 1. The van der Waals surface area contributed by atoms with E-state index >= 15 is 0 Å². The van der Waals surface area contributed by atoms with Gasteiger partial charge < -0.3 is 20.1 Å². The zero-order chi connectivity index (χ0) is 29.6. The zero-order valence-electron chi connectivity index (χ0n) is 23.0. The Morgan fingerprint density at radius 3 is 2.27 bits per heavy atom. The van der Waals surface area contributed by atoms with Crippen molar-refractivity contribution in [3.05, 3.63) is 35.9 Å². The summed E-state index contributed by atoms with van der Waals surface area (Å²) in [6.07, 6.45) is 1.50. The predicted octanol–water partition coefficient (Wildman–Crippen LogP) is 1.49. The lowest BCUT2D eigenvalue weighted by molar-refractivity contribution is -0.153. The summed E-state index contributed by atoms with van der Waals surface area (Å²) >= 11 is 0. The molecule has 1 aliphatic carbocycles. The molecule has 0 bridgehead atoms. The van der Waals surface area contributed by atoms with Crippen LogP contribution in [-0.4, -0.2) is 84.2 Å². The van der Waals surface area contributed by atoms with Gasteiger partial charge >= 0.3 is 12.1 Å². The summed E-state index contributed by atoms with van der Waals surface area (Å²) in [5, 5.41) is 5.95. The molecule has 1 fully saturated rings. The summed E-state index contributed by atoms with van der Waals surface area (Å²) in [6.45, 7) is 2.95. The number of carbonyl (C=O) groups is 2. The van der Waals surface area contributed by atoms with Crippen molar-refractivity contribution in [3.63, 3.8) is 0 Å². The van der Waals surface area contributed by atoms with E-state index in [1.807, 2.05) is 30.3 Å². The molecule has 2 aliphatic rings. The summed E-state index contributed by atoms with van der Waals surface area (Å²) in [6, 6.07) is 9.12. The first-order valence-electron chi connectivity index (χ1n) is 12.9. The van der Waals surface area contributed by atoms with Crippen molar-refractivity contribution in [1.82, 2.24) is 10.6 Å². The third-order valence-electron chi connectivity index (χ3n) is 6.91. The van der Waals surface area contributed by atoms with E-state index in [2.05, 4.69) is 15.6 Å². The maximum absolute atomic E-state index is 13.1.